The van der Waals surface area contributed by atoms with Crippen LogP contribution >= 0.6 is 0 Å². The second-order valence-electron chi connectivity index (χ2n) is 13.3. The smallest absolute Gasteiger partial charge is 0.302 e. The molecule has 3 saturated carbocycles. The fraction of sp³-hybridized carbons (Fsp3) is 0.900. The van der Waals surface area contributed by atoms with E-state index in [4.69, 9.17) is 9.47 Å². The van der Waals surface area contributed by atoms with E-state index < -0.39 is 0 Å². The van der Waals surface area contributed by atoms with E-state index in [2.05, 4.69) is 29.7 Å². The first-order valence-corrected chi connectivity index (χ1v) is 14.8. The summed E-state index contributed by atoms with van der Waals surface area (Å²) in [4.78, 5) is 17.6. The van der Waals surface area contributed by atoms with Gasteiger partial charge in [-0.1, -0.05) is 26.3 Å². The molecule has 6 rings (SSSR count). The molecule has 0 amide bonds. The Labute approximate surface area is 213 Å². The van der Waals surface area contributed by atoms with Crippen molar-refractivity contribution in [3.63, 3.8) is 0 Å². The fourth-order valence-electron chi connectivity index (χ4n) is 9.98. The predicted molar refractivity (Wildman–Crippen MR) is 138 cm³/mol. The van der Waals surface area contributed by atoms with Crippen LogP contribution in [0.15, 0.2) is 11.8 Å². The number of carbonyl (C=O) groups is 1. The zero-order chi connectivity index (χ0) is 24.2. The van der Waals surface area contributed by atoms with Gasteiger partial charge in [-0.15, -0.1) is 0 Å². The average Bonchev–Trinajstić information content (AvgIpc) is 3.16. The monoisotopic (exact) mass is 484 g/mol. The molecule has 5 nitrogen and oxygen atoms in total. The topological polar surface area (TPSA) is 42.0 Å². The summed E-state index contributed by atoms with van der Waals surface area (Å²) in [5.74, 6) is 3.03. The van der Waals surface area contributed by atoms with E-state index in [0.29, 0.717) is 17.4 Å². The molecule has 5 heteroatoms. The van der Waals surface area contributed by atoms with E-state index in [1.807, 2.05) is 0 Å². The molecule has 6 aliphatic rings. The number of nitrogens with zero attached hydrogens (tertiary/aromatic N) is 2. The Kier molecular flexibility index (Phi) is 6.48. The minimum absolute atomic E-state index is 0.0738. The van der Waals surface area contributed by atoms with Gasteiger partial charge in [0.05, 0.1) is 13.2 Å². The molecule has 2 saturated heterocycles. The maximum Gasteiger partial charge on any atom is 0.302 e. The van der Waals surface area contributed by atoms with Crippen molar-refractivity contribution in [2.45, 2.75) is 97.1 Å². The van der Waals surface area contributed by atoms with Crippen molar-refractivity contribution in [2.24, 2.45) is 34.5 Å². The molecule has 35 heavy (non-hydrogen) atoms. The Morgan fingerprint density at radius 1 is 1.00 bits per heavy atom. The second kappa shape index (κ2) is 9.35. The van der Waals surface area contributed by atoms with Crippen LogP contribution in [-0.4, -0.2) is 67.3 Å². The van der Waals surface area contributed by atoms with Crippen molar-refractivity contribution in [3.8, 4) is 0 Å². The molecule has 2 heterocycles. The van der Waals surface area contributed by atoms with Crippen LogP contribution in [0.25, 0.3) is 0 Å². The largest absolute Gasteiger partial charge is 0.460 e. The first-order chi connectivity index (χ1) is 16.9. The Hall–Kier alpha value is -1.07. The van der Waals surface area contributed by atoms with E-state index >= 15 is 0 Å². The summed E-state index contributed by atoms with van der Waals surface area (Å²) in [5.41, 5.74) is 2.15. The molecule has 5 fully saturated rings. The van der Waals surface area contributed by atoms with Gasteiger partial charge in [-0.3, -0.25) is 9.69 Å². The summed E-state index contributed by atoms with van der Waals surface area (Å²) in [6.07, 6.45) is 15.7. The maximum absolute atomic E-state index is 12.3. The van der Waals surface area contributed by atoms with E-state index in [0.717, 1.165) is 44.1 Å². The highest BCUT2D eigenvalue weighted by Gasteiger charge is 2.64. The van der Waals surface area contributed by atoms with Crippen molar-refractivity contribution < 1.29 is 14.3 Å². The summed E-state index contributed by atoms with van der Waals surface area (Å²) in [7, 11) is 0. The summed E-state index contributed by atoms with van der Waals surface area (Å²) < 4.78 is 11.9. The quantitative estimate of drug-likeness (QED) is 0.512. The van der Waals surface area contributed by atoms with E-state index in [9.17, 15) is 4.79 Å². The third kappa shape index (κ3) is 4.07. The third-order valence-electron chi connectivity index (χ3n) is 11.8. The normalized spacial score (nSPS) is 46.3. The molecule has 2 aliphatic heterocycles. The number of fused-ring (bicyclic) bond motifs is 5. The van der Waals surface area contributed by atoms with Gasteiger partial charge in [0, 0.05) is 37.2 Å². The lowest BCUT2D eigenvalue weighted by Gasteiger charge is -2.60. The van der Waals surface area contributed by atoms with Gasteiger partial charge in [-0.2, -0.15) is 0 Å². The molecule has 4 aliphatic carbocycles. The van der Waals surface area contributed by atoms with Gasteiger partial charge in [0.15, 0.2) is 0 Å². The molecule has 8 unspecified atom stereocenters. The molecule has 0 aromatic rings. The van der Waals surface area contributed by atoms with Crippen LogP contribution in [0.2, 0.25) is 0 Å². The van der Waals surface area contributed by atoms with Crippen LogP contribution in [0.1, 0.15) is 85.0 Å². The van der Waals surface area contributed by atoms with Crippen LogP contribution in [0.4, 0.5) is 0 Å². The molecule has 196 valence electrons. The van der Waals surface area contributed by atoms with Gasteiger partial charge in [-0.05, 0) is 100.0 Å². The fourth-order valence-corrected chi connectivity index (χ4v) is 9.98. The highest BCUT2D eigenvalue weighted by Crippen LogP contribution is 2.67. The zero-order valence-corrected chi connectivity index (χ0v) is 22.5. The number of morpholine rings is 1. The minimum Gasteiger partial charge on any atom is -0.460 e. The zero-order valence-electron chi connectivity index (χ0n) is 22.5. The minimum atomic E-state index is -0.0794. The molecule has 0 aromatic carbocycles. The van der Waals surface area contributed by atoms with Gasteiger partial charge in [0.1, 0.15) is 6.10 Å². The predicted octanol–water partition coefficient (Wildman–Crippen LogP) is 5.25. The molecular weight excluding hydrogens is 436 g/mol. The average molecular weight is 485 g/mol. The van der Waals surface area contributed by atoms with Gasteiger partial charge < -0.3 is 14.4 Å². The van der Waals surface area contributed by atoms with Gasteiger partial charge >= 0.3 is 5.97 Å². The summed E-state index contributed by atoms with van der Waals surface area (Å²) in [6.45, 7) is 13.0. The van der Waals surface area contributed by atoms with E-state index in [1.54, 1.807) is 12.6 Å². The molecule has 8 atom stereocenters. The standard InChI is InChI=1S/C30H48N2O3/c1-21(33)35-28-27(32-13-5-4-6-14-32)19-26-24-10-8-22-7-9-23(31-15-17-34-18-16-31)20-30(22,3)25(24)11-12-29(26,28)2/h9,22,24-28H,4-8,10-20H2,1-3H3. The number of hydrogen-bond acceptors (Lipinski definition) is 5. The molecular formula is C30H48N2O3. The number of hydrogen-bond donors (Lipinski definition) is 0. The van der Waals surface area contributed by atoms with Crippen LogP contribution in [0, 0.1) is 34.5 Å². The van der Waals surface area contributed by atoms with Crippen LogP contribution in [0.3, 0.4) is 0 Å². The molecule has 0 spiro atoms. The first kappa shape index (κ1) is 24.3. The Balaban J connectivity index is 1.26. The molecule has 0 radical (unpaired) electrons. The van der Waals surface area contributed by atoms with Gasteiger partial charge in [-0.25, -0.2) is 0 Å². The van der Waals surface area contributed by atoms with E-state index in [1.165, 1.54) is 77.3 Å². The van der Waals surface area contributed by atoms with Crippen molar-refractivity contribution in [1.82, 2.24) is 9.80 Å². The highest BCUT2D eigenvalue weighted by molar-refractivity contribution is 5.66. The SMILES string of the molecule is CC(=O)OC1C(N2CCCCC2)CC2C3CCC4CC=C(N5CCOCC5)CC4(C)C3CCC21C. The number of allylic oxidation sites excluding steroid dienone is 2. The van der Waals surface area contributed by atoms with Gasteiger partial charge in [0.25, 0.3) is 0 Å². The summed E-state index contributed by atoms with van der Waals surface area (Å²) in [5, 5.41) is 0. The number of ether oxygens (including phenoxy) is 2. The Morgan fingerprint density at radius 2 is 1.77 bits per heavy atom. The lowest BCUT2D eigenvalue weighted by atomic mass is 9.45. The molecule has 0 aromatic heterocycles. The lowest BCUT2D eigenvalue weighted by Crippen LogP contribution is -2.55. The van der Waals surface area contributed by atoms with Crippen molar-refractivity contribution in [2.75, 3.05) is 39.4 Å². The van der Waals surface area contributed by atoms with Crippen LogP contribution < -0.4 is 0 Å². The lowest BCUT2D eigenvalue weighted by molar-refractivity contribution is -0.164. The van der Waals surface area contributed by atoms with Gasteiger partial charge in [0.2, 0.25) is 0 Å². The van der Waals surface area contributed by atoms with Crippen LogP contribution in [-0.2, 0) is 14.3 Å². The second-order valence-corrected chi connectivity index (χ2v) is 13.3. The summed E-state index contributed by atoms with van der Waals surface area (Å²) >= 11 is 0. The molecule has 0 N–H and O–H groups in total. The summed E-state index contributed by atoms with van der Waals surface area (Å²) in [6, 6.07) is 0.425. The third-order valence-corrected chi connectivity index (χ3v) is 11.8. The maximum atomic E-state index is 12.3. The Morgan fingerprint density at radius 3 is 2.51 bits per heavy atom. The number of esters is 1. The highest BCUT2D eigenvalue weighted by atomic mass is 16.5. The number of rotatable bonds is 3. The number of carbonyl (C=O) groups excluding carboxylic acids is 1. The Bertz CT molecular complexity index is 831. The first-order valence-electron chi connectivity index (χ1n) is 14.8. The van der Waals surface area contributed by atoms with Crippen molar-refractivity contribution in [3.05, 3.63) is 11.8 Å². The van der Waals surface area contributed by atoms with Crippen LogP contribution in [0.5, 0.6) is 0 Å². The van der Waals surface area contributed by atoms with Crippen molar-refractivity contribution >= 4 is 5.97 Å². The number of piperidine rings is 1. The van der Waals surface area contributed by atoms with E-state index in [-0.39, 0.29) is 17.5 Å². The van der Waals surface area contributed by atoms with Crippen molar-refractivity contribution in [1.29, 1.82) is 0 Å². The molecule has 0 bridgehead atoms. The number of likely N-dealkylation sites (tertiary alicyclic amines) is 1.